The predicted octanol–water partition coefficient (Wildman–Crippen LogP) is 2.75. The zero-order chi connectivity index (χ0) is 12.1. The molecule has 2 aliphatic heterocycles. The van der Waals surface area contributed by atoms with Crippen LogP contribution < -0.4 is 10.6 Å². The molecule has 0 amide bonds. The van der Waals surface area contributed by atoms with Gasteiger partial charge >= 0.3 is 0 Å². The molecule has 1 aromatic carbocycles. The van der Waals surface area contributed by atoms with Crippen LogP contribution in [0.25, 0.3) is 10.9 Å². The Morgan fingerprint density at radius 3 is 2.67 bits per heavy atom. The number of anilines is 1. The molecular weight excluding hydrogens is 242 g/mol. The smallest absolute Gasteiger partial charge is 0.120 e. The molecule has 2 atom stereocenters. The highest BCUT2D eigenvalue weighted by Gasteiger charge is 2.40. The number of hydrogen-bond donors (Lipinski definition) is 1. The topological polar surface area (TPSA) is 42.1 Å². The largest absolute Gasteiger partial charge is 0.356 e. The van der Waals surface area contributed by atoms with Gasteiger partial charge in [-0.1, -0.05) is 12.1 Å². The maximum Gasteiger partial charge on any atom is 0.120 e. The van der Waals surface area contributed by atoms with Crippen molar-refractivity contribution in [3.05, 3.63) is 24.3 Å². The third-order valence-corrected chi connectivity index (χ3v) is 5.26. The molecule has 0 radical (unpaired) electrons. The van der Waals surface area contributed by atoms with Crippen molar-refractivity contribution in [1.29, 1.82) is 0 Å². The molecule has 3 heterocycles. The summed E-state index contributed by atoms with van der Waals surface area (Å²) in [5.74, 6) is 0. The van der Waals surface area contributed by atoms with E-state index in [0.29, 0.717) is 18.1 Å². The molecule has 1 aromatic heterocycles. The van der Waals surface area contributed by atoms with Crippen LogP contribution >= 0.6 is 11.5 Å². The summed E-state index contributed by atoms with van der Waals surface area (Å²) in [6.07, 6.45) is 4.88. The zero-order valence-corrected chi connectivity index (χ0v) is 11.1. The van der Waals surface area contributed by atoms with E-state index in [1.165, 1.54) is 23.2 Å². The summed E-state index contributed by atoms with van der Waals surface area (Å²) in [6.45, 7) is 0. The van der Waals surface area contributed by atoms with E-state index in [9.17, 15) is 0 Å². The number of nitrogens with two attached hydrogens (primary N) is 1. The number of nitrogens with zero attached hydrogens (tertiary/aromatic N) is 2. The first-order chi connectivity index (χ1) is 8.83. The van der Waals surface area contributed by atoms with Crippen LogP contribution in [-0.4, -0.2) is 22.5 Å². The normalized spacial score (nSPS) is 31.2. The Kier molecular flexibility index (Phi) is 2.35. The number of benzene rings is 1. The molecule has 18 heavy (non-hydrogen) atoms. The Hall–Kier alpha value is -1.13. The first kappa shape index (κ1) is 10.8. The van der Waals surface area contributed by atoms with Gasteiger partial charge in [0.2, 0.25) is 0 Å². The van der Waals surface area contributed by atoms with Gasteiger partial charge in [0.25, 0.3) is 0 Å². The van der Waals surface area contributed by atoms with E-state index in [0.717, 1.165) is 18.4 Å². The average Bonchev–Trinajstić information content (AvgIpc) is 2.89. The molecule has 2 N–H and O–H groups in total. The van der Waals surface area contributed by atoms with Crippen molar-refractivity contribution in [1.82, 2.24) is 4.37 Å². The summed E-state index contributed by atoms with van der Waals surface area (Å²) in [5, 5.41) is 2.68. The monoisotopic (exact) mass is 259 g/mol. The second-order valence-corrected chi connectivity index (χ2v) is 6.28. The minimum Gasteiger partial charge on any atom is -0.356 e. The van der Waals surface area contributed by atoms with Gasteiger partial charge in [-0.25, -0.2) is 0 Å². The predicted molar refractivity (Wildman–Crippen MR) is 76.1 cm³/mol. The molecule has 94 valence electrons. The lowest BCUT2D eigenvalue weighted by Crippen LogP contribution is -2.47. The number of rotatable bonds is 1. The van der Waals surface area contributed by atoms with E-state index in [1.54, 1.807) is 11.5 Å². The van der Waals surface area contributed by atoms with Crippen LogP contribution in [0.4, 0.5) is 5.00 Å². The highest BCUT2D eigenvalue weighted by Crippen LogP contribution is 2.43. The number of fused-ring (bicyclic) bond motifs is 3. The van der Waals surface area contributed by atoms with Crippen molar-refractivity contribution in [2.75, 3.05) is 4.90 Å². The molecule has 0 aliphatic carbocycles. The van der Waals surface area contributed by atoms with Crippen molar-refractivity contribution < 1.29 is 0 Å². The first-order valence-electron chi connectivity index (χ1n) is 6.71. The summed E-state index contributed by atoms with van der Waals surface area (Å²) in [5.41, 5.74) is 7.28. The SMILES string of the molecule is NC1CC2CCC(C1)N2c1snc2ccccc12. The lowest BCUT2D eigenvalue weighted by atomic mass is 9.98. The Morgan fingerprint density at radius 2 is 1.89 bits per heavy atom. The Bertz CT molecular complexity index is 565. The summed E-state index contributed by atoms with van der Waals surface area (Å²) >= 11 is 1.65. The lowest BCUT2D eigenvalue weighted by Gasteiger charge is -2.38. The van der Waals surface area contributed by atoms with E-state index in [1.807, 2.05) is 0 Å². The molecule has 2 saturated heterocycles. The fourth-order valence-corrected chi connectivity index (χ4v) is 4.62. The quantitative estimate of drug-likeness (QED) is 0.856. The van der Waals surface area contributed by atoms with Crippen LogP contribution in [0.5, 0.6) is 0 Å². The summed E-state index contributed by atoms with van der Waals surface area (Å²) < 4.78 is 4.58. The molecule has 2 aromatic rings. The molecule has 0 saturated carbocycles. The Morgan fingerprint density at radius 1 is 1.17 bits per heavy atom. The maximum atomic E-state index is 6.14. The highest BCUT2D eigenvalue weighted by atomic mass is 32.1. The fourth-order valence-electron chi connectivity index (χ4n) is 3.61. The van der Waals surface area contributed by atoms with Crippen LogP contribution in [0.1, 0.15) is 25.7 Å². The molecule has 0 spiro atoms. The van der Waals surface area contributed by atoms with Gasteiger partial charge in [0.1, 0.15) is 5.00 Å². The van der Waals surface area contributed by atoms with Crippen LogP contribution in [0.3, 0.4) is 0 Å². The Labute approximate surface area is 111 Å². The highest BCUT2D eigenvalue weighted by molar-refractivity contribution is 7.11. The van der Waals surface area contributed by atoms with Crippen LogP contribution in [0.15, 0.2) is 24.3 Å². The summed E-state index contributed by atoms with van der Waals surface area (Å²) in [4.78, 5) is 2.61. The zero-order valence-electron chi connectivity index (χ0n) is 10.2. The minimum atomic E-state index is 0.401. The molecule has 2 fully saturated rings. The molecule has 4 rings (SSSR count). The van der Waals surface area contributed by atoms with Gasteiger partial charge in [0.15, 0.2) is 0 Å². The fraction of sp³-hybridized carbons (Fsp3) is 0.500. The Balaban J connectivity index is 1.79. The van der Waals surface area contributed by atoms with Crippen LogP contribution in [0.2, 0.25) is 0 Å². The van der Waals surface area contributed by atoms with Gasteiger partial charge in [0, 0.05) is 23.5 Å². The minimum absolute atomic E-state index is 0.401. The van der Waals surface area contributed by atoms with E-state index in [2.05, 4.69) is 33.5 Å². The second kappa shape index (κ2) is 3.93. The number of hydrogen-bond acceptors (Lipinski definition) is 4. The third-order valence-electron chi connectivity index (χ3n) is 4.37. The number of piperidine rings is 1. The van der Waals surface area contributed by atoms with Crippen molar-refractivity contribution in [3.63, 3.8) is 0 Å². The molecule has 2 aliphatic rings. The van der Waals surface area contributed by atoms with Gasteiger partial charge in [-0.15, -0.1) is 0 Å². The van der Waals surface area contributed by atoms with E-state index >= 15 is 0 Å². The number of aromatic nitrogens is 1. The molecule has 3 nitrogen and oxygen atoms in total. The van der Waals surface area contributed by atoms with Gasteiger partial charge in [-0.3, -0.25) is 0 Å². The van der Waals surface area contributed by atoms with Crippen LogP contribution in [0, 0.1) is 0 Å². The van der Waals surface area contributed by atoms with Gasteiger partial charge in [0.05, 0.1) is 5.52 Å². The van der Waals surface area contributed by atoms with Gasteiger partial charge < -0.3 is 10.6 Å². The van der Waals surface area contributed by atoms with Crippen LogP contribution in [-0.2, 0) is 0 Å². The van der Waals surface area contributed by atoms with E-state index in [4.69, 9.17) is 5.73 Å². The van der Waals surface area contributed by atoms with Crippen molar-refractivity contribution in [2.24, 2.45) is 5.73 Å². The third kappa shape index (κ3) is 1.49. The molecule has 2 bridgehead atoms. The van der Waals surface area contributed by atoms with Crippen molar-refractivity contribution >= 4 is 27.4 Å². The standard InChI is InChI=1S/C14H17N3S/c15-9-7-10-5-6-11(8-9)17(10)14-12-3-1-2-4-13(12)16-18-14/h1-4,9-11H,5-8,15H2. The molecule has 4 heteroatoms. The summed E-state index contributed by atoms with van der Waals surface area (Å²) in [6, 6.07) is 10.2. The van der Waals surface area contributed by atoms with Gasteiger partial charge in [-0.2, -0.15) is 4.37 Å². The first-order valence-corrected chi connectivity index (χ1v) is 7.48. The average molecular weight is 259 g/mol. The molecular formula is C14H17N3S. The van der Waals surface area contributed by atoms with Crippen molar-refractivity contribution in [2.45, 2.75) is 43.8 Å². The second-order valence-electron chi connectivity index (χ2n) is 5.53. The maximum absolute atomic E-state index is 6.14. The van der Waals surface area contributed by atoms with Gasteiger partial charge in [-0.05, 0) is 49.3 Å². The van der Waals surface area contributed by atoms with E-state index in [-0.39, 0.29) is 0 Å². The van der Waals surface area contributed by atoms with E-state index < -0.39 is 0 Å². The lowest BCUT2D eigenvalue weighted by molar-refractivity contribution is 0.417. The molecule has 2 unspecified atom stereocenters. The van der Waals surface area contributed by atoms with Crippen molar-refractivity contribution in [3.8, 4) is 0 Å². The summed E-state index contributed by atoms with van der Waals surface area (Å²) in [7, 11) is 0.